The normalized spacial score (nSPS) is 11.4. The number of nitrogens with one attached hydrogen (secondary N) is 1. The van der Waals surface area contributed by atoms with Crippen LogP contribution in [0.3, 0.4) is 0 Å². The molecule has 0 spiro atoms. The Labute approximate surface area is 139 Å². The van der Waals surface area contributed by atoms with Crippen molar-refractivity contribution in [2.45, 2.75) is 19.8 Å². The van der Waals surface area contributed by atoms with Crippen molar-refractivity contribution >= 4 is 18.4 Å². The van der Waals surface area contributed by atoms with Crippen molar-refractivity contribution in [3.8, 4) is 11.5 Å². The first kappa shape index (κ1) is 15.3. The molecular weight excluding hydrogens is 306 g/mol. The molecule has 0 bridgehead atoms. The minimum Gasteiger partial charge on any atom is -0.253 e. The molecule has 0 aliphatic carbocycles. The highest BCUT2D eigenvalue weighted by atomic mass is 32.1. The van der Waals surface area contributed by atoms with E-state index in [1.54, 1.807) is 17.1 Å². The summed E-state index contributed by atoms with van der Waals surface area (Å²) in [7, 11) is 0. The van der Waals surface area contributed by atoms with Crippen LogP contribution in [0, 0.1) is 4.77 Å². The molecule has 2 aromatic heterocycles. The van der Waals surface area contributed by atoms with Gasteiger partial charge in [0.1, 0.15) is 5.69 Å². The maximum absolute atomic E-state index is 5.25. The minimum atomic E-state index is 0.431. The number of nitrogens with zero attached hydrogens (tertiary/aromatic N) is 4. The van der Waals surface area contributed by atoms with Crippen LogP contribution < -0.4 is 0 Å². The molecule has 0 amide bonds. The molecule has 0 atom stereocenters. The van der Waals surface area contributed by atoms with E-state index in [4.69, 9.17) is 12.2 Å². The van der Waals surface area contributed by atoms with Crippen molar-refractivity contribution in [2.75, 3.05) is 0 Å². The lowest BCUT2D eigenvalue weighted by Crippen LogP contribution is -1.96. The van der Waals surface area contributed by atoms with E-state index >= 15 is 0 Å². The molecular formula is C17H17N5S. The van der Waals surface area contributed by atoms with Crippen LogP contribution in [-0.4, -0.2) is 26.1 Å². The number of H-pyrrole nitrogens is 1. The molecule has 0 radical (unpaired) electrons. The van der Waals surface area contributed by atoms with Crippen LogP contribution in [0.25, 0.3) is 11.5 Å². The van der Waals surface area contributed by atoms with Crippen LogP contribution in [-0.2, 0) is 0 Å². The van der Waals surface area contributed by atoms with E-state index in [0.717, 1.165) is 5.56 Å². The summed E-state index contributed by atoms with van der Waals surface area (Å²) < 4.78 is 2.01. The third-order valence-corrected chi connectivity index (χ3v) is 3.73. The Bertz CT molecular complexity index is 860. The fraction of sp³-hybridized carbons (Fsp3) is 0.176. The standard InChI is InChI=1S/C17H17N5S/c1-12(2)14-8-6-13(7-9-14)11-19-22-16(20-21-17(22)23)15-5-3-4-10-18-15/h3-12H,1-2H3,(H,21,23). The number of aromatic nitrogens is 4. The molecule has 2 heterocycles. The van der Waals surface area contributed by atoms with Gasteiger partial charge in [-0.25, -0.2) is 5.10 Å². The van der Waals surface area contributed by atoms with Crippen molar-refractivity contribution < 1.29 is 0 Å². The number of pyridine rings is 1. The third kappa shape index (κ3) is 3.43. The zero-order valence-electron chi connectivity index (χ0n) is 13.0. The molecule has 23 heavy (non-hydrogen) atoms. The van der Waals surface area contributed by atoms with E-state index in [0.29, 0.717) is 22.2 Å². The Morgan fingerprint density at radius 3 is 2.61 bits per heavy atom. The Kier molecular flexibility index (Phi) is 4.43. The van der Waals surface area contributed by atoms with Crippen LogP contribution >= 0.6 is 12.2 Å². The summed E-state index contributed by atoms with van der Waals surface area (Å²) in [6.45, 7) is 4.35. The van der Waals surface area contributed by atoms with E-state index in [1.807, 2.05) is 30.3 Å². The van der Waals surface area contributed by atoms with Gasteiger partial charge in [-0.05, 0) is 41.4 Å². The predicted octanol–water partition coefficient (Wildman–Crippen LogP) is 4.01. The smallest absolute Gasteiger partial charge is 0.216 e. The summed E-state index contributed by atoms with van der Waals surface area (Å²) in [6.07, 6.45) is 3.48. The molecule has 116 valence electrons. The molecule has 3 aromatic rings. The van der Waals surface area contributed by atoms with Crippen molar-refractivity contribution in [1.82, 2.24) is 19.9 Å². The maximum Gasteiger partial charge on any atom is 0.216 e. The highest BCUT2D eigenvalue weighted by molar-refractivity contribution is 7.71. The molecule has 0 saturated heterocycles. The molecule has 3 rings (SSSR count). The summed E-state index contributed by atoms with van der Waals surface area (Å²) in [6, 6.07) is 13.9. The van der Waals surface area contributed by atoms with Gasteiger partial charge in [0.05, 0.1) is 6.21 Å². The topological polar surface area (TPSA) is 58.9 Å². The average molecular weight is 323 g/mol. The number of hydrogen-bond acceptors (Lipinski definition) is 4. The van der Waals surface area contributed by atoms with Crippen LogP contribution in [0.4, 0.5) is 0 Å². The molecule has 0 unspecified atom stereocenters. The predicted molar refractivity (Wildman–Crippen MR) is 94.2 cm³/mol. The Hall–Kier alpha value is -2.60. The molecule has 1 aromatic carbocycles. The van der Waals surface area contributed by atoms with E-state index < -0.39 is 0 Å². The van der Waals surface area contributed by atoms with Gasteiger partial charge in [0.25, 0.3) is 0 Å². The molecule has 6 heteroatoms. The van der Waals surface area contributed by atoms with E-state index in [1.165, 1.54) is 5.56 Å². The summed E-state index contributed by atoms with van der Waals surface area (Å²) in [5.74, 6) is 1.10. The van der Waals surface area contributed by atoms with Gasteiger partial charge in [0.2, 0.25) is 10.6 Å². The zero-order chi connectivity index (χ0) is 16.2. The summed E-state index contributed by atoms with van der Waals surface area (Å²) >= 11 is 5.25. The second-order valence-electron chi connectivity index (χ2n) is 5.45. The second kappa shape index (κ2) is 6.66. The van der Waals surface area contributed by atoms with Crippen LogP contribution in [0.2, 0.25) is 0 Å². The van der Waals surface area contributed by atoms with Gasteiger partial charge in [0, 0.05) is 6.20 Å². The molecule has 0 fully saturated rings. The van der Waals surface area contributed by atoms with E-state index in [-0.39, 0.29) is 0 Å². The maximum atomic E-state index is 5.25. The number of benzene rings is 1. The van der Waals surface area contributed by atoms with Gasteiger partial charge >= 0.3 is 0 Å². The average Bonchev–Trinajstić information content (AvgIpc) is 2.95. The first-order valence-corrected chi connectivity index (χ1v) is 7.79. The van der Waals surface area contributed by atoms with E-state index in [2.05, 4.69) is 46.3 Å². The fourth-order valence-corrected chi connectivity index (χ4v) is 2.33. The van der Waals surface area contributed by atoms with Gasteiger partial charge in [-0.15, -0.1) is 0 Å². The van der Waals surface area contributed by atoms with Crippen LogP contribution in [0.15, 0.2) is 53.8 Å². The van der Waals surface area contributed by atoms with Crippen molar-refractivity contribution in [1.29, 1.82) is 0 Å². The third-order valence-electron chi connectivity index (χ3n) is 3.47. The highest BCUT2D eigenvalue weighted by Crippen LogP contribution is 2.15. The summed E-state index contributed by atoms with van der Waals surface area (Å²) in [4.78, 5) is 4.29. The van der Waals surface area contributed by atoms with Crippen LogP contribution in [0.5, 0.6) is 0 Å². The van der Waals surface area contributed by atoms with Crippen molar-refractivity contribution in [3.05, 3.63) is 64.6 Å². The SMILES string of the molecule is CC(C)c1ccc(C=Nn2c(-c3ccccn3)n[nH]c2=S)cc1. The van der Waals surface area contributed by atoms with Gasteiger partial charge in [-0.1, -0.05) is 44.2 Å². The molecule has 1 N–H and O–H groups in total. The molecule has 0 aliphatic rings. The van der Waals surface area contributed by atoms with Gasteiger partial charge in [-0.2, -0.15) is 14.9 Å². The van der Waals surface area contributed by atoms with Gasteiger partial charge in [0.15, 0.2) is 0 Å². The first-order chi connectivity index (χ1) is 11.1. The summed E-state index contributed by atoms with van der Waals surface area (Å²) in [5.41, 5.74) is 3.02. The fourth-order valence-electron chi connectivity index (χ4n) is 2.15. The Balaban J connectivity index is 1.91. The second-order valence-corrected chi connectivity index (χ2v) is 5.83. The monoisotopic (exact) mass is 323 g/mol. The molecule has 0 aliphatic heterocycles. The van der Waals surface area contributed by atoms with E-state index in [9.17, 15) is 0 Å². The number of hydrogen-bond donors (Lipinski definition) is 1. The number of aromatic amines is 1. The van der Waals surface area contributed by atoms with Gasteiger partial charge < -0.3 is 0 Å². The quantitative estimate of drug-likeness (QED) is 0.583. The Morgan fingerprint density at radius 1 is 1.17 bits per heavy atom. The largest absolute Gasteiger partial charge is 0.253 e. The van der Waals surface area contributed by atoms with Crippen molar-refractivity contribution in [3.63, 3.8) is 0 Å². The number of rotatable bonds is 4. The Morgan fingerprint density at radius 2 is 1.96 bits per heavy atom. The lowest BCUT2D eigenvalue weighted by Gasteiger charge is -2.04. The van der Waals surface area contributed by atoms with Crippen LogP contribution in [0.1, 0.15) is 30.9 Å². The lowest BCUT2D eigenvalue weighted by atomic mass is 10.0. The highest BCUT2D eigenvalue weighted by Gasteiger charge is 2.08. The molecule has 0 saturated carbocycles. The van der Waals surface area contributed by atoms with Gasteiger partial charge in [-0.3, -0.25) is 4.98 Å². The minimum absolute atomic E-state index is 0.431. The zero-order valence-corrected chi connectivity index (χ0v) is 13.8. The lowest BCUT2D eigenvalue weighted by molar-refractivity contribution is 0.864. The first-order valence-electron chi connectivity index (χ1n) is 7.38. The summed E-state index contributed by atoms with van der Waals surface area (Å²) in [5, 5.41) is 11.4. The van der Waals surface area contributed by atoms with Crippen molar-refractivity contribution in [2.24, 2.45) is 5.10 Å². The molecule has 5 nitrogen and oxygen atoms in total.